The zero-order chi connectivity index (χ0) is 13.0. The average molecular weight is 248 g/mol. The molecule has 3 nitrogen and oxygen atoms in total. The van der Waals surface area contributed by atoms with Gasteiger partial charge in [0.2, 0.25) is 0 Å². The highest BCUT2D eigenvalue weighted by atomic mass is 16.5. The van der Waals surface area contributed by atoms with Gasteiger partial charge in [-0.05, 0) is 19.4 Å². The summed E-state index contributed by atoms with van der Waals surface area (Å²) >= 11 is 0. The number of para-hydroxylation sites is 1. The molecule has 3 heteroatoms. The van der Waals surface area contributed by atoms with E-state index in [0.717, 1.165) is 13.1 Å². The van der Waals surface area contributed by atoms with E-state index in [4.69, 9.17) is 4.74 Å². The van der Waals surface area contributed by atoms with Gasteiger partial charge in [-0.25, -0.2) is 0 Å². The van der Waals surface area contributed by atoms with Gasteiger partial charge >= 0.3 is 0 Å². The summed E-state index contributed by atoms with van der Waals surface area (Å²) in [6, 6.07) is 9.70. The number of nitrogens with zero attached hydrogens (tertiary/aromatic N) is 1. The second kappa shape index (κ2) is 6.21. The van der Waals surface area contributed by atoms with Crippen molar-refractivity contribution in [2.75, 3.05) is 25.1 Å². The summed E-state index contributed by atoms with van der Waals surface area (Å²) in [5.74, 6) is 0. The van der Waals surface area contributed by atoms with E-state index in [2.05, 4.69) is 48.3 Å². The lowest BCUT2D eigenvalue weighted by Gasteiger charge is -2.41. The first-order chi connectivity index (χ1) is 8.76. The van der Waals surface area contributed by atoms with Crippen LogP contribution in [-0.4, -0.2) is 32.3 Å². The molecular formula is C15H24N2O. The number of hydrogen-bond acceptors (Lipinski definition) is 3. The fourth-order valence-corrected chi connectivity index (χ4v) is 2.61. The molecule has 1 fully saturated rings. The van der Waals surface area contributed by atoms with E-state index in [9.17, 15) is 0 Å². The fraction of sp³-hybridized carbons (Fsp3) is 0.600. The van der Waals surface area contributed by atoms with Gasteiger partial charge in [-0.15, -0.1) is 0 Å². The molecule has 2 rings (SSSR count). The first-order valence-corrected chi connectivity index (χ1v) is 6.83. The number of ether oxygens (including phenoxy) is 1. The molecule has 1 N–H and O–H groups in total. The lowest BCUT2D eigenvalue weighted by Crippen LogP contribution is -2.55. The summed E-state index contributed by atoms with van der Waals surface area (Å²) in [5.41, 5.74) is 2.61. The third kappa shape index (κ3) is 2.85. The highest BCUT2D eigenvalue weighted by molar-refractivity contribution is 5.54. The third-order valence-corrected chi connectivity index (χ3v) is 3.74. The van der Waals surface area contributed by atoms with Gasteiger partial charge in [0.25, 0.3) is 0 Å². The van der Waals surface area contributed by atoms with E-state index in [0.29, 0.717) is 18.7 Å². The maximum atomic E-state index is 5.31. The van der Waals surface area contributed by atoms with Crippen LogP contribution in [0.1, 0.15) is 25.8 Å². The zero-order valence-corrected chi connectivity index (χ0v) is 11.6. The third-order valence-electron chi connectivity index (χ3n) is 3.74. The zero-order valence-electron chi connectivity index (χ0n) is 11.6. The fourth-order valence-electron chi connectivity index (χ4n) is 2.61. The van der Waals surface area contributed by atoms with Gasteiger partial charge in [0.1, 0.15) is 0 Å². The predicted octanol–water partition coefficient (Wildman–Crippen LogP) is 2.41. The maximum absolute atomic E-state index is 5.31. The SMILES string of the molecule is CCC1CN(c2ccccc2COC)C(C)CN1. The van der Waals surface area contributed by atoms with Crippen molar-refractivity contribution in [1.82, 2.24) is 5.32 Å². The minimum absolute atomic E-state index is 0.533. The Labute approximate surface area is 110 Å². The van der Waals surface area contributed by atoms with Crippen LogP contribution in [0.2, 0.25) is 0 Å². The van der Waals surface area contributed by atoms with Gasteiger partial charge < -0.3 is 15.0 Å². The Morgan fingerprint density at radius 3 is 2.89 bits per heavy atom. The summed E-state index contributed by atoms with van der Waals surface area (Å²) in [6.07, 6.45) is 1.18. The Hall–Kier alpha value is -1.06. The second-order valence-corrected chi connectivity index (χ2v) is 5.08. The average Bonchev–Trinajstić information content (AvgIpc) is 2.41. The molecule has 0 aliphatic carbocycles. The molecule has 0 amide bonds. The molecular weight excluding hydrogens is 224 g/mol. The van der Waals surface area contributed by atoms with Crippen LogP contribution in [0.4, 0.5) is 5.69 Å². The van der Waals surface area contributed by atoms with Gasteiger partial charge in [-0.2, -0.15) is 0 Å². The van der Waals surface area contributed by atoms with Crippen LogP contribution in [0.25, 0.3) is 0 Å². The normalized spacial score (nSPS) is 24.3. The van der Waals surface area contributed by atoms with Crippen LogP contribution in [0, 0.1) is 0 Å². The molecule has 1 saturated heterocycles. The van der Waals surface area contributed by atoms with Crippen LogP contribution < -0.4 is 10.2 Å². The first-order valence-electron chi connectivity index (χ1n) is 6.83. The molecule has 1 aromatic rings. The standard InChI is InChI=1S/C15H24N2O/c1-4-14-10-17(12(2)9-16-14)15-8-6-5-7-13(15)11-18-3/h5-8,12,14,16H,4,9-11H2,1-3H3. The van der Waals surface area contributed by atoms with Gasteiger partial charge in [0.05, 0.1) is 6.61 Å². The molecule has 1 aliphatic heterocycles. The van der Waals surface area contributed by atoms with Crippen LogP contribution in [-0.2, 0) is 11.3 Å². The molecule has 0 bridgehead atoms. The molecule has 18 heavy (non-hydrogen) atoms. The minimum Gasteiger partial charge on any atom is -0.380 e. The van der Waals surface area contributed by atoms with E-state index in [-0.39, 0.29) is 0 Å². The molecule has 1 aliphatic rings. The van der Waals surface area contributed by atoms with Crippen molar-refractivity contribution in [3.05, 3.63) is 29.8 Å². The van der Waals surface area contributed by atoms with Crippen molar-refractivity contribution in [3.8, 4) is 0 Å². The van der Waals surface area contributed by atoms with Crippen molar-refractivity contribution in [2.24, 2.45) is 0 Å². The number of benzene rings is 1. The Morgan fingerprint density at radius 2 is 2.17 bits per heavy atom. The monoisotopic (exact) mass is 248 g/mol. The quantitative estimate of drug-likeness (QED) is 0.885. The molecule has 1 aromatic carbocycles. The van der Waals surface area contributed by atoms with Gasteiger partial charge in [0, 0.05) is 43.5 Å². The Balaban J connectivity index is 2.22. The first kappa shape index (κ1) is 13.4. The molecule has 0 saturated carbocycles. The van der Waals surface area contributed by atoms with Crippen molar-refractivity contribution in [3.63, 3.8) is 0 Å². The van der Waals surface area contributed by atoms with Gasteiger partial charge in [-0.1, -0.05) is 25.1 Å². The number of hydrogen-bond donors (Lipinski definition) is 1. The Morgan fingerprint density at radius 1 is 1.39 bits per heavy atom. The molecule has 0 radical (unpaired) electrons. The van der Waals surface area contributed by atoms with Gasteiger partial charge in [0.15, 0.2) is 0 Å². The lowest BCUT2D eigenvalue weighted by molar-refractivity contribution is 0.185. The molecule has 0 spiro atoms. The lowest BCUT2D eigenvalue weighted by atomic mass is 10.0. The second-order valence-electron chi connectivity index (χ2n) is 5.08. The van der Waals surface area contributed by atoms with E-state index >= 15 is 0 Å². The Bertz CT molecular complexity index is 381. The number of rotatable bonds is 4. The van der Waals surface area contributed by atoms with Gasteiger partial charge in [-0.3, -0.25) is 0 Å². The smallest absolute Gasteiger partial charge is 0.0733 e. The number of methoxy groups -OCH3 is 1. The van der Waals surface area contributed by atoms with Crippen LogP contribution >= 0.6 is 0 Å². The number of anilines is 1. The molecule has 1 heterocycles. The van der Waals surface area contributed by atoms with E-state index < -0.39 is 0 Å². The topological polar surface area (TPSA) is 24.5 Å². The molecule has 0 aromatic heterocycles. The van der Waals surface area contributed by atoms with Crippen LogP contribution in [0.15, 0.2) is 24.3 Å². The summed E-state index contributed by atoms with van der Waals surface area (Å²) in [4.78, 5) is 2.51. The van der Waals surface area contributed by atoms with E-state index in [1.54, 1.807) is 7.11 Å². The highest BCUT2D eigenvalue weighted by Gasteiger charge is 2.25. The highest BCUT2D eigenvalue weighted by Crippen LogP contribution is 2.25. The molecule has 2 atom stereocenters. The summed E-state index contributed by atoms with van der Waals surface area (Å²) < 4.78 is 5.31. The van der Waals surface area contributed by atoms with E-state index in [1.165, 1.54) is 17.7 Å². The van der Waals surface area contributed by atoms with Crippen LogP contribution in [0.5, 0.6) is 0 Å². The van der Waals surface area contributed by atoms with Crippen LogP contribution in [0.3, 0.4) is 0 Å². The minimum atomic E-state index is 0.533. The van der Waals surface area contributed by atoms with E-state index in [1.807, 2.05) is 0 Å². The summed E-state index contributed by atoms with van der Waals surface area (Å²) in [5, 5.41) is 3.60. The predicted molar refractivity (Wildman–Crippen MR) is 76.0 cm³/mol. The van der Waals surface area contributed by atoms with Crippen molar-refractivity contribution >= 4 is 5.69 Å². The summed E-state index contributed by atoms with van der Waals surface area (Å²) in [6.45, 7) is 7.34. The van der Waals surface area contributed by atoms with Crippen molar-refractivity contribution in [1.29, 1.82) is 0 Å². The van der Waals surface area contributed by atoms with Crippen molar-refractivity contribution < 1.29 is 4.74 Å². The molecule has 100 valence electrons. The molecule has 2 unspecified atom stereocenters. The number of nitrogens with one attached hydrogen (secondary N) is 1. The maximum Gasteiger partial charge on any atom is 0.0733 e. The van der Waals surface area contributed by atoms with Crippen molar-refractivity contribution in [2.45, 2.75) is 39.0 Å². The largest absolute Gasteiger partial charge is 0.380 e. The number of piperazine rings is 1. The Kier molecular flexibility index (Phi) is 4.61. The summed E-state index contributed by atoms with van der Waals surface area (Å²) in [7, 11) is 1.76.